The van der Waals surface area contributed by atoms with Crippen LogP contribution in [0, 0.1) is 0 Å². The molecule has 0 unspecified atom stereocenters. The number of nitrogens with zero attached hydrogens (tertiary/aromatic N) is 1. The predicted octanol–water partition coefficient (Wildman–Crippen LogP) is 1.56. The Morgan fingerprint density at radius 3 is 3.05 bits per heavy atom. The fraction of sp³-hybridized carbons (Fsp3) is 0.385. The van der Waals surface area contributed by atoms with E-state index in [0.717, 1.165) is 10.6 Å². The number of benzene rings is 1. The molecule has 0 spiro atoms. The van der Waals surface area contributed by atoms with Crippen LogP contribution >= 0.6 is 11.8 Å². The number of hydrogen-bond acceptors (Lipinski definition) is 3. The van der Waals surface area contributed by atoms with Gasteiger partial charge in [-0.1, -0.05) is 6.07 Å². The Kier molecular flexibility index (Phi) is 5.11. The number of thioether (sulfide) groups is 1. The molecule has 2 rings (SSSR count). The van der Waals surface area contributed by atoms with Crippen LogP contribution in [0.5, 0.6) is 0 Å². The van der Waals surface area contributed by atoms with Crippen molar-refractivity contribution in [3.05, 3.63) is 24.3 Å². The summed E-state index contributed by atoms with van der Waals surface area (Å²) >= 11 is 1.62. The Labute approximate surface area is 122 Å². The van der Waals surface area contributed by atoms with Gasteiger partial charge >= 0.3 is 12.1 Å². The van der Waals surface area contributed by atoms with E-state index in [1.165, 1.54) is 0 Å². The molecule has 1 saturated heterocycles. The summed E-state index contributed by atoms with van der Waals surface area (Å²) < 4.78 is 0. The molecule has 0 aliphatic carbocycles. The number of nitrogens with one attached hydrogen (secondary N) is 3. The molecule has 4 amide bonds. The van der Waals surface area contributed by atoms with E-state index in [9.17, 15) is 9.59 Å². The van der Waals surface area contributed by atoms with E-state index in [4.69, 9.17) is 0 Å². The molecule has 1 aliphatic heterocycles. The van der Waals surface area contributed by atoms with Crippen LogP contribution < -0.4 is 16.0 Å². The molecule has 0 atom stereocenters. The molecule has 7 heteroatoms. The largest absolute Gasteiger partial charge is 0.336 e. The second-order valence-electron chi connectivity index (χ2n) is 4.33. The molecule has 3 N–H and O–H groups in total. The van der Waals surface area contributed by atoms with Gasteiger partial charge in [-0.2, -0.15) is 0 Å². The van der Waals surface area contributed by atoms with Crippen LogP contribution in [0.1, 0.15) is 0 Å². The van der Waals surface area contributed by atoms with Gasteiger partial charge in [0.2, 0.25) is 0 Å². The zero-order valence-corrected chi connectivity index (χ0v) is 12.1. The second kappa shape index (κ2) is 7.04. The maximum atomic E-state index is 11.7. The molecule has 108 valence electrons. The van der Waals surface area contributed by atoms with Crippen LogP contribution in [0.2, 0.25) is 0 Å². The Bertz CT molecular complexity index is 495. The third kappa shape index (κ3) is 4.06. The Morgan fingerprint density at radius 1 is 1.50 bits per heavy atom. The van der Waals surface area contributed by atoms with Crippen molar-refractivity contribution >= 4 is 29.5 Å². The smallest absolute Gasteiger partial charge is 0.319 e. The van der Waals surface area contributed by atoms with Crippen molar-refractivity contribution in [3.63, 3.8) is 0 Å². The highest BCUT2D eigenvalue weighted by Gasteiger charge is 2.18. The molecule has 0 radical (unpaired) electrons. The van der Waals surface area contributed by atoms with Crippen molar-refractivity contribution in [2.45, 2.75) is 4.90 Å². The van der Waals surface area contributed by atoms with Crippen LogP contribution in [-0.2, 0) is 0 Å². The van der Waals surface area contributed by atoms with Crippen molar-refractivity contribution in [3.8, 4) is 0 Å². The zero-order valence-electron chi connectivity index (χ0n) is 11.3. The quantitative estimate of drug-likeness (QED) is 0.722. The minimum absolute atomic E-state index is 0.0696. The van der Waals surface area contributed by atoms with E-state index < -0.39 is 0 Å². The minimum atomic E-state index is -0.261. The number of anilines is 1. The zero-order chi connectivity index (χ0) is 14.4. The summed E-state index contributed by atoms with van der Waals surface area (Å²) in [6.07, 6.45) is 1.99. The lowest BCUT2D eigenvalue weighted by Gasteiger charge is -2.14. The molecule has 1 aromatic rings. The third-order valence-electron chi connectivity index (χ3n) is 2.94. The first-order valence-corrected chi connectivity index (χ1v) is 7.63. The van der Waals surface area contributed by atoms with E-state index in [-0.39, 0.29) is 12.1 Å². The SMILES string of the molecule is CSc1cccc(NC(=O)NCCN2CCNC2=O)c1. The Balaban J connectivity index is 1.73. The van der Waals surface area contributed by atoms with E-state index >= 15 is 0 Å². The fourth-order valence-corrected chi connectivity index (χ4v) is 2.36. The first kappa shape index (κ1) is 14.5. The highest BCUT2D eigenvalue weighted by Crippen LogP contribution is 2.18. The summed E-state index contributed by atoms with van der Waals surface area (Å²) in [5.74, 6) is 0. The molecule has 1 aliphatic rings. The van der Waals surface area contributed by atoms with Crippen molar-refractivity contribution in [2.75, 3.05) is 37.8 Å². The van der Waals surface area contributed by atoms with Gasteiger partial charge in [0.25, 0.3) is 0 Å². The van der Waals surface area contributed by atoms with E-state index in [0.29, 0.717) is 26.2 Å². The van der Waals surface area contributed by atoms with Gasteiger partial charge in [-0.05, 0) is 24.5 Å². The van der Waals surface area contributed by atoms with Gasteiger partial charge < -0.3 is 20.9 Å². The van der Waals surface area contributed by atoms with Gasteiger partial charge in [-0.15, -0.1) is 11.8 Å². The van der Waals surface area contributed by atoms with Gasteiger partial charge in [0.15, 0.2) is 0 Å². The Hall–Kier alpha value is -1.89. The number of hydrogen-bond donors (Lipinski definition) is 3. The van der Waals surface area contributed by atoms with Gasteiger partial charge in [-0.3, -0.25) is 0 Å². The lowest BCUT2D eigenvalue weighted by atomic mass is 10.3. The standard InChI is InChI=1S/C13H18N4O2S/c1-20-11-4-2-3-10(9-11)16-12(18)14-5-7-17-8-6-15-13(17)19/h2-4,9H,5-8H2,1H3,(H,15,19)(H2,14,16,18). The van der Waals surface area contributed by atoms with Gasteiger partial charge in [0, 0.05) is 36.8 Å². The number of rotatable bonds is 5. The van der Waals surface area contributed by atoms with Crippen molar-refractivity contribution in [1.82, 2.24) is 15.5 Å². The molecule has 0 aromatic heterocycles. The molecule has 0 saturated carbocycles. The molecule has 1 aromatic carbocycles. The first-order chi connectivity index (χ1) is 9.69. The van der Waals surface area contributed by atoms with E-state index in [1.54, 1.807) is 16.7 Å². The van der Waals surface area contributed by atoms with Crippen LogP contribution in [0.25, 0.3) is 0 Å². The molecular formula is C13H18N4O2S. The normalized spacial score (nSPS) is 14.1. The van der Waals surface area contributed by atoms with Gasteiger partial charge in [-0.25, -0.2) is 9.59 Å². The molecule has 20 heavy (non-hydrogen) atoms. The van der Waals surface area contributed by atoms with Gasteiger partial charge in [0.1, 0.15) is 0 Å². The number of carbonyl (C=O) groups is 2. The van der Waals surface area contributed by atoms with Gasteiger partial charge in [0.05, 0.1) is 0 Å². The summed E-state index contributed by atoms with van der Waals surface area (Å²) in [7, 11) is 0. The average Bonchev–Trinajstić information content (AvgIpc) is 2.85. The second-order valence-corrected chi connectivity index (χ2v) is 5.21. The third-order valence-corrected chi connectivity index (χ3v) is 3.67. The Morgan fingerprint density at radius 2 is 2.35 bits per heavy atom. The van der Waals surface area contributed by atoms with Crippen molar-refractivity contribution in [1.29, 1.82) is 0 Å². The van der Waals surface area contributed by atoms with Crippen LogP contribution in [0.4, 0.5) is 15.3 Å². The number of amides is 4. The lowest BCUT2D eigenvalue weighted by molar-refractivity contribution is 0.216. The van der Waals surface area contributed by atoms with E-state index in [1.807, 2.05) is 30.5 Å². The molecule has 0 bridgehead atoms. The van der Waals surface area contributed by atoms with Crippen LogP contribution in [0.3, 0.4) is 0 Å². The average molecular weight is 294 g/mol. The topological polar surface area (TPSA) is 73.5 Å². The van der Waals surface area contributed by atoms with Crippen LogP contribution in [0.15, 0.2) is 29.2 Å². The monoisotopic (exact) mass is 294 g/mol. The maximum Gasteiger partial charge on any atom is 0.319 e. The maximum absolute atomic E-state index is 11.7. The van der Waals surface area contributed by atoms with Crippen molar-refractivity contribution in [2.24, 2.45) is 0 Å². The molecule has 1 fully saturated rings. The number of carbonyl (C=O) groups excluding carboxylic acids is 2. The number of urea groups is 2. The highest BCUT2D eigenvalue weighted by molar-refractivity contribution is 7.98. The molecular weight excluding hydrogens is 276 g/mol. The summed E-state index contributed by atoms with van der Waals surface area (Å²) in [5, 5.41) is 8.22. The highest BCUT2D eigenvalue weighted by atomic mass is 32.2. The van der Waals surface area contributed by atoms with Crippen molar-refractivity contribution < 1.29 is 9.59 Å². The fourth-order valence-electron chi connectivity index (χ4n) is 1.90. The molecule has 1 heterocycles. The lowest BCUT2D eigenvalue weighted by Crippen LogP contribution is -2.38. The summed E-state index contributed by atoms with van der Waals surface area (Å²) in [4.78, 5) is 25.8. The first-order valence-electron chi connectivity index (χ1n) is 6.41. The summed E-state index contributed by atoms with van der Waals surface area (Å²) in [6, 6.07) is 7.31. The van der Waals surface area contributed by atoms with Crippen LogP contribution in [-0.4, -0.2) is 49.4 Å². The summed E-state index contributed by atoms with van der Waals surface area (Å²) in [5.41, 5.74) is 0.758. The summed E-state index contributed by atoms with van der Waals surface area (Å²) in [6.45, 7) is 2.32. The van der Waals surface area contributed by atoms with E-state index in [2.05, 4.69) is 16.0 Å². The minimum Gasteiger partial charge on any atom is -0.336 e. The predicted molar refractivity (Wildman–Crippen MR) is 80.2 cm³/mol. The molecule has 6 nitrogen and oxygen atoms in total.